The highest BCUT2D eigenvalue weighted by Gasteiger charge is 2.28. The van der Waals surface area contributed by atoms with Crippen LogP contribution in [0.15, 0.2) is 0 Å². The van der Waals surface area contributed by atoms with Crippen molar-refractivity contribution in [2.45, 2.75) is 6.04 Å². The molecular formula is C6H10NO2. The van der Waals surface area contributed by atoms with Crippen LogP contribution in [-0.4, -0.2) is 37.4 Å². The van der Waals surface area contributed by atoms with Gasteiger partial charge in [0.1, 0.15) is 6.73 Å². The Balaban J connectivity index is 1.82. The zero-order chi connectivity index (χ0) is 6.10. The first-order valence-corrected chi connectivity index (χ1v) is 3.22. The lowest BCUT2D eigenvalue weighted by Gasteiger charge is -2.32. The summed E-state index contributed by atoms with van der Waals surface area (Å²) in [7, 11) is 0. The first-order valence-electron chi connectivity index (χ1n) is 3.22. The van der Waals surface area contributed by atoms with Gasteiger partial charge in [-0.3, -0.25) is 4.90 Å². The summed E-state index contributed by atoms with van der Waals surface area (Å²) in [4.78, 5) is 2.27. The second-order valence-corrected chi connectivity index (χ2v) is 2.43. The fraction of sp³-hybridized carbons (Fsp3) is 0.833. The second-order valence-electron chi connectivity index (χ2n) is 2.43. The Labute approximate surface area is 54.5 Å². The number of hydrogen-bond acceptors (Lipinski definition) is 3. The standard InChI is InChI=1S/C6H10NO2/c1-2-8-5-7(1)6-3-9-4-6/h2,6H,1,3-5H2. The van der Waals surface area contributed by atoms with Gasteiger partial charge in [0, 0.05) is 6.54 Å². The molecule has 0 spiro atoms. The van der Waals surface area contributed by atoms with E-state index in [1.54, 1.807) is 0 Å². The smallest absolute Gasteiger partial charge is 0.100 e. The highest BCUT2D eigenvalue weighted by atomic mass is 16.5. The summed E-state index contributed by atoms with van der Waals surface area (Å²) in [5.41, 5.74) is 0. The van der Waals surface area contributed by atoms with Gasteiger partial charge >= 0.3 is 0 Å². The molecule has 2 heterocycles. The van der Waals surface area contributed by atoms with Crippen LogP contribution in [0.1, 0.15) is 0 Å². The van der Waals surface area contributed by atoms with E-state index in [9.17, 15) is 0 Å². The fourth-order valence-electron chi connectivity index (χ4n) is 1.04. The largest absolute Gasteiger partial charge is 0.378 e. The molecule has 2 rings (SSSR count). The molecule has 2 fully saturated rings. The highest BCUT2D eigenvalue weighted by molar-refractivity contribution is 4.80. The van der Waals surface area contributed by atoms with Gasteiger partial charge in [-0.05, 0) is 0 Å². The molecule has 2 aliphatic rings. The quantitative estimate of drug-likeness (QED) is 0.489. The van der Waals surface area contributed by atoms with Crippen molar-refractivity contribution in [3.8, 4) is 0 Å². The number of ether oxygens (including phenoxy) is 2. The van der Waals surface area contributed by atoms with Crippen LogP contribution >= 0.6 is 0 Å². The zero-order valence-corrected chi connectivity index (χ0v) is 5.25. The van der Waals surface area contributed by atoms with Crippen LogP contribution in [0, 0.1) is 6.61 Å². The predicted molar refractivity (Wildman–Crippen MR) is 31.6 cm³/mol. The average molecular weight is 128 g/mol. The molecule has 0 unspecified atom stereocenters. The highest BCUT2D eigenvalue weighted by Crippen LogP contribution is 2.14. The van der Waals surface area contributed by atoms with E-state index in [1.165, 1.54) is 0 Å². The Hall–Kier alpha value is -0.120. The number of rotatable bonds is 1. The molecule has 0 bridgehead atoms. The lowest BCUT2D eigenvalue weighted by Crippen LogP contribution is -2.47. The molecule has 3 nitrogen and oxygen atoms in total. The van der Waals surface area contributed by atoms with Crippen molar-refractivity contribution >= 4 is 0 Å². The first-order chi connectivity index (χ1) is 4.47. The third kappa shape index (κ3) is 0.956. The normalized spacial score (nSPS) is 30.7. The van der Waals surface area contributed by atoms with Gasteiger partial charge in [-0.1, -0.05) is 0 Å². The van der Waals surface area contributed by atoms with E-state index in [0.717, 1.165) is 26.5 Å². The van der Waals surface area contributed by atoms with Crippen molar-refractivity contribution in [2.24, 2.45) is 0 Å². The minimum atomic E-state index is 0.628. The van der Waals surface area contributed by atoms with Crippen molar-refractivity contribution in [3.63, 3.8) is 0 Å². The van der Waals surface area contributed by atoms with Crippen LogP contribution in [0.4, 0.5) is 0 Å². The summed E-state index contributed by atoms with van der Waals surface area (Å²) in [6, 6.07) is 0.628. The van der Waals surface area contributed by atoms with Gasteiger partial charge in [-0.25, -0.2) is 0 Å². The molecule has 3 heteroatoms. The lowest BCUT2D eigenvalue weighted by molar-refractivity contribution is -0.0681. The molecule has 2 saturated heterocycles. The van der Waals surface area contributed by atoms with Gasteiger partial charge in [0.15, 0.2) is 0 Å². The molecule has 51 valence electrons. The fourth-order valence-corrected chi connectivity index (χ4v) is 1.04. The van der Waals surface area contributed by atoms with Crippen LogP contribution in [0.5, 0.6) is 0 Å². The Morgan fingerprint density at radius 3 is 2.78 bits per heavy atom. The molecule has 0 aromatic carbocycles. The van der Waals surface area contributed by atoms with E-state index in [4.69, 9.17) is 9.47 Å². The molecule has 0 atom stereocenters. The lowest BCUT2D eigenvalue weighted by atomic mass is 10.2. The first kappa shape index (κ1) is 5.65. The van der Waals surface area contributed by atoms with Gasteiger partial charge in [-0.15, -0.1) is 0 Å². The predicted octanol–water partition coefficient (Wildman–Crippen LogP) is -0.163. The van der Waals surface area contributed by atoms with E-state index >= 15 is 0 Å². The summed E-state index contributed by atoms with van der Waals surface area (Å²) < 4.78 is 10.1. The molecule has 9 heavy (non-hydrogen) atoms. The molecule has 0 aromatic heterocycles. The van der Waals surface area contributed by atoms with E-state index < -0.39 is 0 Å². The van der Waals surface area contributed by atoms with Crippen molar-refractivity contribution in [1.82, 2.24) is 4.90 Å². The Morgan fingerprint density at radius 1 is 1.44 bits per heavy atom. The molecule has 0 aliphatic carbocycles. The summed E-state index contributed by atoms with van der Waals surface area (Å²) in [6.07, 6.45) is 0. The van der Waals surface area contributed by atoms with E-state index in [0.29, 0.717) is 6.04 Å². The molecule has 1 radical (unpaired) electrons. The van der Waals surface area contributed by atoms with Crippen LogP contribution in [-0.2, 0) is 9.47 Å². The molecule has 0 N–H and O–H groups in total. The Bertz CT molecular complexity index is 97.2. The van der Waals surface area contributed by atoms with E-state index in [-0.39, 0.29) is 0 Å². The van der Waals surface area contributed by atoms with Gasteiger partial charge in [0.05, 0.1) is 25.9 Å². The van der Waals surface area contributed by atoms with Crippen LogP contribution < -0.4 is 0 Å². The van der Waals surface area contributed by atoms with Crippen molar-refractivity contribution < 1.29 is 9.47 Å². The second kappa shape index (κ2) is 2.25. The molecule has 0 aromatic rings. The van der Waals surface area contributed by atoms with Gasteiger partial charge < -0.3 is 9.47 Å². The molecule has 2 aliphatic heterocycles. The van der Waals surface area contributed by atoms with Crippen LogP contribution in [0.25, 0.3) is 0 Å². The number of nitrogens with zero attached hydrogens (tertiary/aromatic N) is 1. The average Bonchev–Trinajstić information content (AvgIpc) is 2.11. The minimum Gasteiger partial charge on any atom is -0.378 e. The monoisotopic (exact) mass is 128 g/mol. The van der Waals surface area contributed by atoms with Crippen LogP contribution in [0.2, 0.25) is 0 Å². The maximum absolute atomic E-state index is 5.06. The van der Waals surface area contributed by atoms with Gasteiger partial charge in [0.25, 0.3) is 0 Å². The van der Waals surface area contributed by atoms with Gasteiger partial charge in [0.2, 0.25) is 0 Å². The molecular weight excluding hydrogens is 118 g/mol. The van der Waals surface area contributed by atoms with Crippen LogP contribution in [0.3, 0.4) is 0 Å². The third-order valence-corrected chi connectivity index (χ3v) is 1.80. The maximum Gasteiger partial charge on any atom is 0.100 e. The Morgan fingerprint density at radius 2 is 2.33 bits per heavy atom. The molecule has 0 amide bonds. The van der Waals surface area contributed by atoms with Crippen molar-refractivity contribution in [3.05, 3.63) is 6.61 Å². The van der Waals surface area contributed by atoms with E-state index in [2.05, 4.69) is 4.90 Å². The van der Waals surface area contributed by atoms with Gasteiger partial charge in [-0.2, -0.15) is 0 Å². The van der Waals surface area contributed by atoms with Crippen molar-refractivity contribution in [2.75, 3.05) is 26.5 Å². The van der Waals surface area contributed by atoms with Crippen molar-refractivity contribution in [1.29, 1.82) is 0 Å². The zero-order valence-electron chi connectivity index (χ0n) is 5.25. The topological polar surface area (TPSA) is 21.7 Å². The summed E-state index contributed by atoms with van der Waals surface area (Å²) in [6.45, 7) is 5.34. The third-order valence-electron chi connectivity index (χ3n) is 1.80. The number of hydrogen-bond donors (Lipinski definition) is 0. The Kier molecular flexibility index (Phi) is 1.41. The molecule has 0 saturated carbocycles. The summed E-state index contributed by atoms with van der Waals surface area (Å²) in [5.74, 6) is 0. The maximum atomic E-state index is 5.06. The summed E-state index contributed by atoms with van der Waals surface area (Å²) in [5, 5.41) is 0. The SMILES string of the molecule is [CH]1CN(C2COC2)CO1. The summed E-state index contributed by atoms with van der Waals surface area (Å²) >= 11 is 0. The minimum absolute atomic E-state index is 0.628. The van der Waals surface area contributed by atoms with E-state index in [1.807, 2.05) is 6.61 Å².